The van der Waals surface area contributed by atoms with Crippen molar-refractivity contribution in [2.45, 2.75) is 29.8 Å². The van der Waals surface area contributed by atoms with Gasteiger partial charge in [0.05, 0.1) is 10.0 Å². The molecule has 1 aliphatic rings. The largest absolute Gasteiger partial charge is 0.459 e. The Kier molecular flexibility index (Phi) is 5.60. The van der Waals surface area contributed by atoms with E-state index in [2.05, 4.69) is 10.2 Å². The SMILES string of the molecule is O=C(OC1CCC1)C(Cl)(Cl)N=Nc1c(Cl)cc(Cl)cc1Cl. The van der Waals surface area contributed by atoms with Crippen LogP contribution in [0.4, 0.5) is 5.69 Å². The van der Waals surface area contributed by atoms with Crippen LogP contribution in [0.3, 0.4) is 0 Å². The molecular formula is C12H9Cl5N2O2. The molecule has 1 fully saturated rings. The summed E-state index contributed by atoms with van der Waals surface area (Å²) in [4.78, 5) is 11.8. The third kappa shape index (κ3) is 4.36. The van der Waals surface area contributed by atoms with Crippen molar-refractivity contribution in [3.05, 3.63) is 27.2 Å². The number of nitrogens with zero attached hydrogens (tertiary/aromatic N) is 2. The summed E-state index contributed by atoms with van der Waals surface area (Å²) in [6.45, 7) is 0. The van der Waals surface area contributed by atoms with Crippen molar-refractivity contribution < 1.29 is 9.53 Å². The number of esters is 1. The van der Waals surface area contributed by atoms with Crippen LogP contribution < -0.4 is 0 Å². The van der Waals surface area contributed by atoms with Gasteiger partial charge in [-0.05, 0) is 31.4 Å². The number of benzene rings is 1. The molecule has 0 amide bonds. The lowest BCUT2D eigenvalue weighted by Crippen LogP contribution is -2.33. The van der Waals surface area contributed by atoms with Gasteiger partial charge in [0.25, 0.3) is 0 Å². The molecule has 4 nitrogen and oxygen atoms in total. The van der Waals surface area contributed by atoms with E-state index < -0.39 is 10.4 Å². The van der Waals surface area contributed by atoms with Gasteiger partial charge < -0.3 is 4.74 Å². The lowest BCUT2D eigenvalue weighted by atomic mass is 9.96. The van der Waals surface area contributed by atoms with Crippen molar-refractivity contribution in [1.82, 2.24) is 0 Å². The predicted molar refractivity (Wildman–Crippen MR) is 84.2 cm³/mol. The molecule has 1 aromatic rings. The van der Waals surface area contributed by atoms with Crippen LogP contribution in [0.25, 0.3) is 0 Å². The molecule has 0 bridgehead atoms. The Morgan fingerprint density at radius 2 is 1.76 bits per heavy atom. The average Bonchev–Trinajstić information content (AvgIpc) is 2.31. The zero-order valence-electron chi connectivity index (χ0n) is 10.5. The van der Waals surface area contributed by atoms with E-state index >= 15 is 0 Å². The van der Waals surface area contributed by atoms with Crippen molar-refractivity contribution in [3.63, 3.8) is 0 Å². The molecule has 0 saturated heterocycles. The van der Waals surface area contributed by atoms with E-state index in [1.807, 2.05) is 0 Å². The van der Waals surface area contributed by atoms with Gasteiger partial charge in [0, 0.05) is 5.02 Å². The van der Waals surface area contributed by atoms with Crippen molar-refractivity contribution in [2.75, 3.05) is 0 Å². The standard InChI is InChI=1S/C12H9Cl5N2O2/c13-6-4-8(14)10(9(15)5-6)18-19-12(16,17)11(20)21-7-2-1-3-7/h4-5,7H,1-3H2. The molecular weight excluding hydrogens is 381 g/mol. The molecule has 1 saturated carbocycles. The highest BCUT2D eigenvalue weighted by Gasteiger charge is 2.38. The fourth-order valence-corrected chi connectivity index (χ4v) is 2.55. The highest BCUT2D eigenvalue weighted by atomic mass is 35.5. The predicted octanol–water partition coefficient (Wildman–Crippen LogP) is 5.96. The minimum Gasteiger partial charge on any atom is -0.459 e. The van der Waals surface area contributed by atoms with Gasteiger partial charge in [-0.15, -0.1) is 10.2 Å². The van der Waals surface area contributed by atoms with Crippen LogP contribution in [-0.4, -0.2) is 16.5 Å². The van der Waals surface area contributed by atoms with Crippen molar-refractivity contribution in [3.8, 4) is 0 Å². The van der Waals surface area contributed by atoms with Gasteiger partial charge in [-0.2, -0.15) is 0 Å². The number of carbonyl (C=O) groups is 1. The summed E-state index contributed by atoms with van der Waals surface area (Å²) < 4.78 is 2.92. The third-order valence-corrected chi connectivity index (χ3v) is 4.08. The molecule has 0 aromatic heterocycles. The molecule has 9 heteroatoms. The topological polar surface area (TPSA) is 51.0 Å². The minimum absolute atomic E-state index is 0.116. The maximum atomic E-state index is 11.8. The molecule has 1 aromatic carbocycles. The number of ether oxygens (including phenoxy) is 1. The number of carbonyl (C=O) groups excluding carboxylic acids is 1. The highest BCUT2D eigenvalue weighted by Crippen LogP contribution is 2.38. The van der Waals surface area contributed by atoms with E-state index in [9.17, 15) is 4.79 Å². The molecule has 1 aliphatic carbocycles. The summed E-state index contributed by atoms with van der Waals surface area (Å²) >= 11 is 29.3. The zero-order chi connectivity index (χ0) is 15.6. The van der Waals surface area contributed by atoms with Crippen LogP contribution >= 0.6 is 58.0 Å². The van der Waals surface area contributed by atoms with E-state index in [1.54, 1.807) is 0 Å². The van der Waals surface area contributed by atoms with Crippen LogP contribution in [0.15, 0.2) is 22.4 Å². The van der Waals surface area contributed by atoms with Crippen LogP contribution in [0, 0.1) is 0 Å². The van der Waals surface area contributed by atoms with Crippen molar-refractivity contribution >= 4 is 69.7 Å². The molecule has 0 N–H and O–H groups in total. The zero-order valence-corrected chi connectivity index (χ0v) is 14.2. The van der Waals surface area contributed by atoms with Gasteiger partial charge in [0.1, 0.15) is 11.8 Å². The first kappa shape index (κ1) is 17.1. The highest BCUT2D eigenvalue weighted by molar-refractivity contribution is 6.57. The van der Waals surface area contributed by atoms with Crippen molar-refractivity contribution in [1.29, 1.82) is 0 Å². The minimum atomic E-state index is -2.15. The Morgan fingerprint density at radius 3 is 2.24 bits per heavy atom. The molecule has 0 aliphatic heterocycles. The van der Waals surface area contributed by atoms with Crippen LogP contribution in [-0.2, 0) is 9.53 Å². The van der Waals surface area contributed by atoms with Gasteiger partial charge in [-0.25, -0.2) is 4.79 Å². The second-order valence-corrected chi connectivity index (χ2v) is 6.96. The maximum Gasteiger partial charge on any atom is 0.368 e. The average molecular weight is 390 g/mol. The first-order chi connectivity index (χ1) is 9.79. The first-order valence-corrected chi connectivity index (χ1v) is 7.85. The van der Waals surface area contributed by atoms with Gasteiger partial charge in [0.15, 0.2) is 0 Å². The number of halogens is 5. The molecule has 0 heterocycles. The van der Waals surface area contributed by atoms with Gasteiger partial charge >= 0.3 is 10.4 Å². The number of hydrogen-bond donors (Lipinski definition) is 0. The first-order valence-electron chi connectivity index (χ1n) is 5.96. The van der Waals surface area contributed by atoms with E-state index in [4.69, 9.17) is 62.7 Å². The molecule has 0 unspecified atom stereocenters. The van der Waals surface area contributed by atoms with Crippen LogP contribution in [0.5, 0.6) is 0 Å². The van der Waals surface area contributed by atoms with Crippen LogP contribution in [0.2, 0.25) is 15.1 Å². The normalized spacial score (nSPS) is 16.0. The number of azo groups is 1. The van der Waals surface area contributed by atoms with Crippen molar-refractivity contribution in [2.24, 2.45) is 10.2 Å². The Morgan fingerprint density at radius 1 is 1.19 bits per heavy atom. The van der Waals surface area contributed by atoms with E-state index in [0.717, 1.165) is 19.3 Å². The molecule has 2 rings (SSSR count). The van der Waals surface area contributed by atoms with Gasteiger partial charge in [-0.1, -0.05) is 58.0 Å². The summed E-state index contributed by atoms with van der Waals surface area (Å²) in [6, 6.07) is 2.86. The second-order valence-electron chi connectivity index (χ2n) is 4.42. The second kappa shape index (κ2) is 6.88. The quantitative estimate of drug-likeness (QED) is 0.276. The summed E-state index contributed by atoms with van der Waals surface area (Å²) in [5.41, 5.74) is 0.116. The lowest BCUT2D eigenvalue weighted by Gasteiger charge is -2.26. The maximum absolute atomic E-state index is 11.8. The van der Waals surface area contributed by atoms with E-state index in [1.165, 1.54) is 12.1 Å². The summed E-state index contributed by atoms with van der Waals surface area (Å²) in [5, 5.41) is 7.95. The smallest absolute Gasteiger partial charge is 0.368 e. The van der Waals surface area contributed by atoms with E-state index in [0.29, 0.717) is 5.02 Å². The lowest BCUT2D eigenvalue weighted by molar-refractivity contribution is -0.153. The number of alkyl halides is 2. The molecule has 0 radical (unpaired) electrons. The summed E-state index contributed by atoms with van der Waals surface area (Å²) in [5.74, 6) is -0.875. The molecule has 114 valence electrons. The van der Waals surface area contributed by atoms with Gasteiger partial charge in [0.2, 0.25) is 0 Å². The molecule has 21 heavy (non-hydrogen) atoms. The summed E-state index contributed by atoms with van der Waals surface area (Å²) in [7, 11) is 0. The monoisotopic (exact) mass is 388 g/mol. The molecule has 0 atom stereocenters. The molecule has 0 spiro atoms. The number of hydrogen-bond acceptors (Lipinski definition) is 4. The number of rotatable bonds is 4. The fourth-order valence-electron chi connectivity index (χ4n) is 1.49. The summed E-state index contributed by atoms with van der Waals surface area (Å²) in [6.07, 6.45) is 2.43. The Balaban J connectivity index is 2.13. The van der Waals surface area contributed by atoms with Crippen LogP contribution in [0.1, 0.15) is 19.3 Å². The van der Waals surface area contributed by atoms with Gasteiger partial charge in [-0.3, -0.25) is 0 Å². The Bertz CT molecular complexity index is 564. The Hall–Kier alpha value is -0.260. The fraction of sp³-hybridized carbons (Fsp3) is 0.417. The third-order valence-electron chi connectivity index (χ3n) is 2.83. The van der Waals surface area contributed by atoms with E-state index in [-0.39, 0.29) is 21.8 Å². The Labute approximate surface area is 146 Å².